The number of methoxy groups -OCH3 is 2. The largest absolute Gasteiger partial charge is 0.493 e. The first-order valence-electron chi connectivity index (χ1n) is 13.4. The van der Waals surface area contributed by atoms with Gasteiger partial charge < -0.3 is 23.7 Å². The molecule has 0 N–H and O–H groups in total. The number of ether oxygens (including phenoxy) is 5. The maximum Gasteiger partial charge on any atom is 0.338 e. The molecule has 0 aliphatic carbocycles. The molecule has 2 heterocycles. The average molecular weight is 689 g/mol. The molecule has 12 nitrogen and oxygen atoms in total. The highest BCUT2D eigenvalue weighted by Crippen LogP contribution is 2.41. The van der Waals surface area contributed by atoms with E-state index in [1.165, 1.54) is 43.1 Å². The van der Waals surface area contributed by atoms with Crippen LogP contribution in [0.3, 0.4) is 0 Å². The molecule has 0 amide bonds. The Hall–Kier alpha value is -4.43. The monoisotopic (exact) mass is 687 g/mol. The van der Waals surface area contributed by atoms with Gasteiger partial charge in [0.1, 0.15) is 6.61 Å². The van der Waals surface area contributed by atoms with Gasteiger partial charge in [0.15, 0.2) is 27.8 Å². The van der Waals surface area contributed by atoms with Crippen molar-refractivity contribution in [1.82, 2.24) is 4.57 Å². The van der Waals surface area contributed by atoms with Gasteiger partial charge in [0.05, 0.1) is 60.3 Å². The topological polar surface area (TPSA) is 141 Å². The number of aromatic nitrogens is 1. The van der Waals surface area contributed by atoms with Crippen molar-refractivity contribution < 1.29 is 33.4 Å². The molecular formula is C30H30BrN3O9S. The quantitative estimate of drug-likeness (QED) is 0.117. The lowest BCUT2D eigenvalue weighted by Gasteiger charge is -2.26. The van der Waals surface area contributed by atoms with Crippen LogP contribution in [-0.4, -0.2) is 49.5 Å². The van der Waals surface area contributed by atoms with E-state index in [-0.39, 0.29) is 46.1 Å². The van der Waals surface area contributed by atoms with Crippen molar-refractivity contribution in [3.05, 3.63) is 93.6 Å². The summed E-state index contributed by atoms with van der Waals surface area (Å²) in [6, 6.07) is 4.98. The molecule has 0 radical (unpaired) electrons. The zero-order chi connectivity index (χ0) is 32.1. The molecule has 0 fully saturated rings. The van der Waals surface area contributed by atoms with Crippen LogP contribution in [0.1, 0.15) is 37.9 Å². The predicted molar refractivity (Wildman–Crippen MR) is 168 cm³/mol. The molecule has 4 rings (SSSR count). The Bertz CT molecular complexity index is 1850. The Kier molecular flexibility index (Phi) is 10.3. The summed E-state index contributed by atoms with van der Waals surface area (Å²) < 4.78 is 30.0. The van der Waals surface area contributed by atoms with E-state index in [0.29, 0.717) is 38.6 Å². The van der Waals surface area contributed by atoms with E-state index in [0.717, 1.165) is 11.3 Å². The molecule has 14 heteroatoms. The van der Waals surface area contributed by atoms with Gasteiger partial charge >= 0.3 is 5.97 Å². The minimum Gasteiger partial charge on any atom is -0.493 e. The van der Waals surface area contributed by atoms with E-state index >= 15 is 0 Å². The van der Waals surface area contributed by atoms with Crippen molar-refractivity contribution in [1.29, 1.82) is 0 Å². The predicted octanol–water partition coefficient (Wildman–Crippen LogP) is 4.45. The Balaban J connectivity index is 2.04. The van der Waals surface area contributed by atoms with Gasteiger partial charge in [-0.1, -0.05) is 39.9 Å². The smallest absolute Gasteiger partial charge is 0.338 e. The Morgan fingerprint density at radius 1 is 1.14 bits per heavy atom. The normalized spacial score (nSPS) is 14.4. The minimum atomic E-state index is -0.956. The van der Waals surface area contributed by atoms with Crippen molar-refractivity contribution in [2.24, 2.45) is 4.99 Å². The Labute approximate surface area is 264 Å². The van der Waals surface area contributed by atoms with Gasteiger partial charge in [-0.25, -0.2) is 9.79 Å². The van der Waals surface area contributed by atoms with Crippen LogP contribution in [0.2, 0.25) is 0 Å². The number of nitro groups is 1. The first kappa shape index (κ1) is 32.5. The fourth-order valence-electron chi connectivity index (χ4n) is 4.68. The van der Waals surface area contributed by atoms with E-state index in [9.17, 15) is 19.7 Å². The van der Waals surface area contributed by atoms with Crippen LogP contribution in [0.25, 0.3) is 6.08 Å². The van der Waals surface area contributed by atoms with Crippen LogP contribution in [-0.2, 0) is 9.53 Å². The number of nitro benzene ring substituents is 1. The van der Waals surface area contributed by atoms with Crippen LogP contribution >= 0.6 is 27.3 Å². The first-order valence-corrected chi connectivity index (χ1v) is 15.0. The number of halogens is 1. The third-order valence-corrected chi connectivity index (χ3v) is 8.20. The summed E-state index contributed by atoms with van der Waals surface area (Å²) in [4.78, 5) is 43.5. The molecule has 2 aromatic carbocycles. The number of hydrogen-bond acceptors (Lipinski definition) is 11. The number of allylic oxidation sites excluding steroid dienone is 1. The minimum absolute atomic E-state index is 0.0892. The summed E-state index contributed by atoms with van der Waals surface area (Å²) in [5, 5.41) is 11.7. The zero-order valence-electron chi connectivity index (χ0n) is 24.7. The number of non-ortho nitro benzene ring substituents is 1. The van der Waals surface area contributed by atoms with Crippen LogP contribution in [0.5, 0.6) is 23.0 Å². The van der Waals surface area contributed by atoms with Crippen LogP contribution in [0.15, 0.2) is 62.5 Å². The van der Waals surface area contributed by atoms with E-state index in [4.69, 9.17) is 23.7 Å². The molecule has 0 unspecified atom stereocenters. The number of thiazole rings is 1. The second-order valence-electron chi connectivity index (χ2n) is 9.18. The number of carbonyl (C=O) groups is 1. The number of esters is 1. The van der Waals surface area contributed by atoms with Gasteiger partial charge in [0, 0.05) is 16.1 Å². The Morgan fingerprint density at radius 2 is 1.86 bits per heavy atom. The summed E-state index contributed by atoms with van der Waals surface area (Å²) in [6.07, 6.45) is 2.99. The summed E-state index contributed by atoms with van der Waals surface area (Å²) in [6.45, 7) is 9.45. The lowest BCUT2D eigenvalue weighted by Crippen LogP contribution is -2.40. The van der Waals surface area contributed by atoms with Crippen molar-refractivity contribution >= 4 is 45.0 Å². The lowest BCUT2D eigenvalue weighted by molar-refractivity contribution is -0.385. The molecule has 1 aliphatic rings. The van der Waals surface area contributed by atoms with Crippen molar-refractivity contribution in [3.8, 4) is 23.0 Å². The molecule has 1 aromatic heterocycles. The third kappa shape index (κ3) is 6.26. The standard InChI is InChI=1S/C30H30BrN3O9S/c1-7-10-43-27-17(11-18(34(37)38)13-23(27)40-6)12-24-28(35)33-26(19-14-21(39-5)22(41-8-2)15-20(19)31)25(29(36)42-9-3)16(4)32-30(33)44-24/h7,11-15,26H,1,8-10H2,2-6H3/b24-12-/t26-/m0/s1. The summed E-state index contributed by atoms with van der Waals surface area (Å²) >= 11 is 4.65. The molecule has 0 bridgehead atoms. The fraction of sp³-hybridized carbons (Fsp3) is 0.300. The number of hydrogen-bond donors (Lipinski definition) is 0. The van der Waals surface area contributed by atoms with Gasteiger partial charge in [-0.05, 0) is 44.5 Å². The summed E-state index contributed by atoms with van der Waals surface area (Å²) in [5.74, 6) is 0.559. The molecule has 3 aromatic rings. The maximum atomic E-state index is 14.2. The number of carbonyl (C=O) groups excluding carboxylic acids is 1. The molecule has 1 atom stereocenters. The highest BCUT2D eigenvalue weighted by molar-refractivity contribution is 9.10. The van der Waals surface area contributed by atoms with Crippen LogP contribution in [0.4, 0.5) is 5.69 Å². The highest BCUT2D eigenvalue weighted by Gasteiger charge is 2.35. The van der Waals surface area contributed by atoms with E-state index in [2.05, 4.69) is 27.5 Å². The third-order valence-electron chi connectivity index (χ3n) is 6.53. The molecular weight excluding hydrogens is 658 g/mol. The Morgan fingerprint density at radius 3 is 2.48 bits per heavy atom. The van der Waals surface area contributed by atoms with Crippen molar-refractivity contribution in [2.45, 2.75) is 26.8 Å². The van der Waals surface area contributed by atoms with E-state index in [1.54, 1.807) is 26.0 Å². The van der Waals surface area contributed by atoms with Gasteiger partial charge in [0.25, 0.3) is 11.2 Å². The SMILES string of the molecule is C=CCOc1c(/C=c2\sc3n(c2=O)[C@@H](c2cc(OC)c(OCC)cc2Br)C(C(=O)OCC)=C(C)N=3)cc([N+](=O)[O-])cc1OC. The first-order chi connectivity index (χ1) is 21.1. The zero-order valence-corrected chi connectivity index (χ0v) is 27.1. The van der Waals surface area contributed by atoms with Gasteiger partial charge in [-0.2, -0.15) is 0 Å². The van der Waals surface area contributed by atoms with E-state index in [1.807, 2.05) is 6.92 Å². The maximum absolute atomic E-state index is 14.2. The summed E-state index contributed by atoms with van der Waals surface area (Å²) in [7, 11) is 2.85. The molecule has 232 valence electrons. The second-order valence-corrected chi connectivity index (χ2v) is 11.0. The lowest BCUT2D eigenvalue weighted by atomic mass is 9.95. The second kappa shape index (κ2) is 13.9. The number of rotatable bonds is 12. The molecule has 1 aliphatic heterocycles. The number of benzene rings is 2. The van der Waals surface area contributed by atoms with E-state index < -0.39 is 22.5 Å². The summed E-state index contributed by atoms with van der Waals surface area (Å²) in [5.41, 5.74) is 0.563. The van der Waals surface area contributed by atoms with Gasteiger partial charge in [-0.3, -0.25) is 19.5 Å². The van der Waals surface area contributed by atoms with Crippen molar-refractivity contribution in [2.75, 3.05) is 34.0 Å². The molecule has 0 spiro atoms. The highest BCUT2D eigenvalue weighted by atomic mass is 79.9. The van der Waals surface area contributed by atoms with Gasteiger partial charge in [-0.15, -0.1) is 0 Å². The van der Waals surface area contributed by atoms with Crippen LogP contribution < -0.4 is 33.8 Å². The van der Waals surface area contributed by atoms with Gasteiger partial charge in [0.2, 0.25) is 0 Å². The number of nitrogens with zero attached hydrogens (tertiary/aromatic N) is 3. The van der Waals surface area contributed by atoms with Crippen molar-refractivity contribution in [3.63, 3.8) is 0 Å². The molecule has 0 saturated heterocycles. The number of fused-ring (bicyclic) bond motifs is 1. The van der Waals surface area contributed by atoms with Crippen LogP contribution in [0, 0.1) is 10.1 Å². The molecule has 0 saturated carbocycles. The fourth-order valence-corrected chi connectivity index (χ4v) is 6.26. The average Bonchev–Trinajstić information content (AvgIpc) is 3.29. The molecule has 44 heavy (non-hydrogen) atoms.